The Morgan fingerprint density at radius 1 is 0.906 bits per heavy atom. The summed E-state index contributed by atoms with van der Waals surface area (Å²) in [5.41, 5.74) is 1.64. The predicted molar refractivity (Wildman–Crippen MR) is 115 cm³/mol. The summed E-state index contributed by atoms with van der Waals surface area (Å²) in [6.07, 6.45) is -1.28. The van der Waals surface area contributed by atoms with E-state index >= 15 is 0 Å². The molecule has 0 radical (unpaired) electrons. The molecule has 0 spiro atoms. The second-order valence-electron chi connectivity index (χ2n) is 7.49. The minimum atomic E-state index is -0.969. The molecule has 2 aromatic rings. The Morgan fingerprint density at radius 2 is 1.41 bits per heavy atom. The SMILES string of the molecule is O=C(NC(NC(=O)OCc1ccccc1)N1CCCC(C(=O)O)C1)OCc1ccccc1. The summed E-state index contributed by atoms with van der Waals surface area (Å²) in [5, 5.41) is 14.6. The molecule has 1 heterocycles. The van der Waals surface area contributed by atoms with E-state index in [1.165, 1.54) is 0 Å². The van der Waals surface area contributed by atoms with Crippen LogP contribution >= 0.6 is 0 Å². The van der Waals surface area contributed by atoms with Crippen molar-refractivity contribution >= 4 is 18.2 Å². The zero-order valence-corrected chi connectivity index (χ0v) is 17.6. The number of aliphatic carboxylic acids is 1. The normalized spacial score (nSPS) is 16.2. The molecular weight excluding hydrogens is 414 g/mol. The van der Waals surface area contributed by atoms with Crippen LogP contribution in [0, 0.1) is 5.92 Å². The van der Waals surface area contributed by atoms with Gasteiger partial charge in [0.2, 0.25) is 0 Å². The summed E-state index contributed by atoms with van der Waals surface area (Å²) < 4.78 is 10.5. The summed E-state index contributed by atoms with van der Waals surface area (Å²) >= 11 is 0. The monoisotopic (exact) mass is 441 g/mol. The van der Waals surface area contributed by atoms with E-state index in [1.807, 2.05) is 60.7 Å². The van der Waals surface area contributed by atoms with Crippen molar-refractivity contribution < 1.29 is 29.0 Å². The summed E-state index contributed by atoms with van der Waals surface area (Å²) in [6.45, 7) is 0.815. The van der Waals surface area contributed by atoms with Gasteiger partial charge in [-0.05, 0) is 24.0 Å². The predicted octanol–water partition coefficient (Wildman–Crippen LogP) is 2.92. The Hall–Kier alpha value is -3.59. The second-order valence-corrected chi connectivity index (χ2v) is 7.49. The highest BCUT2D eigenvalue weighted by Gasteiger charge is 2.32. The number of rotatable bonds is 8. The maximum absolute atomic E-state index is 12.4. The lowest BCUT2D eigenvalue weighted by molar-refractivity contribution is -0.144. The minimum Gasteiger partial charge on any atom is -0.481 e. The van der Waals surface area contributed by atoms with Crippen molar-refractivity contribution in [3.8, 4) is 0 Å². The van der Waals surface area contributed by atoms with E-state index in [0.717, 1.165) is 11.1 Å². The molecule has 0 saturated carbocycles. The molecule has 170 valence electrons. The second kappa shape index (κ2) is 11.7. The zero-order chi connectivity index (χ0) is 22.8. The summed E-state index contributed by atoms with van der Waals surface area (Å²) in [7, 11) is 0. The molecule has 1 aliphatic heterocycles. The van der Waals surface area contributed by atoms with Gasteiger partial charge in [-0.3, -0.25) is 20.3 Å². The largest absolute Gasteiger partial charge is 0.481 e. The van der Waals surface area contributed by atoms with Crippen LogP contribution in [0.4, 0.5) is 9.59 Å². The third-order valence-corrected chi connectivity index (χ3v) is 5.10. The van der Waals surface area contributed by atoms with E-state index in [-0.39, 0.29) is 19.8 Å². The highest BCUT2D eigenvalue weighted by Crippen LogP contribution is 2.18. The highest BCUT2D eigenvalue weighted by atomic mass is 16.6. The Morgan fingerprint density at radius 3 is 1.88 bits per heavy atom. The number of nitrogens with one attached hydrogen (secondary N) is 2. The molecule has 1 saturated heterocycles. The van der Waals surface area contributed by atoms with Crippen molar-refractivity contribution in [3.05, 3.63) is 71.8 Å². The lowest BCUT2D eigenvalue weighted by Crippen LogP contribution is -2.60. The van der Waals surface area contributed by atoms with Crippen LogP contribution in [0.3, 0.4) is 0 Å². The Labute approximate surface area is 186 Å². The quantitative estimate of drug-likeness (QED) is 0.539. The highest BCUT2D eigenvalue weighted by molar-refractivity contribution is 5.71. The van der Waals surface area contributed by atoms with Crippen molar-refractivity contribution in [2.45, 2.75) is 32.3 Å². The van der Waals surface area contributed by atoms with Gasteiger partial charge in [0.25, 0.3) is 0 Å². The number of carbonyl (C=O) groups excluding carboxylic acids is 2. The number of hydrogen-bond donors (Lipinski definition) is 3. The first kappa shape index (κ1) is 23.1. The number of alkyl carbamates (subject to hydrolysis) is 2. The van der Waals surface area contributed by atoms with Crippen LogP contribution in [0.5, 0.6) is 0 Å². The van der Waals surface area contributed by atoms with E-state index in [2.05, 4.69) is 10.6 Å². The molecule has 2 amide bonds. The van der Waals surface area contributed by atoms with Gasteiger partial charge in [-0.2, -0.15) is 0 Å². The summed E-state index contributed by atoms with van der Waals surface area (Å²) in [6, 6.07) is 18.4. The molecule has 1 atom stereocenters. The number of ether oxygens (including phenoxy) is 2. The van der Waals surface area contributed by atoms with E-state index in [4.69, 9.17) is 9.47 Å². The molecule has 1 unspecified atom stereocenters. The van der Waals surface area contributed by atoms with Crippen molar-refractivity contribution in [2.24, 2.45) is 5.92 Å². The number of carboxylic acids is 1. The van der Waals surface area contributed by atoms with Crippen LogP contribution in [0.15, 0.2) is 60.7 Å². The molecule has 1 aliphatic rings. The minimum absolute atomic E-state index is 0.0651. The van der Waals surface area contributed by atoms with Crippen LogP contribution in [-0.4, -0.2) is 47.5 Å². The van der Waals surface area contributed by atoms with Gasteiger partial charge in [0.05, 0.1) is 5.92 Å². The first-order chi connectivity index (χ1) is 15.5. The molecule has 0 aliphatic carbocycles. The number of piperidine rings is 1. The molecule has 9 heteroatoms. The van der Waals surface area contributed by atoms with E-state index in [0.29, 0.717) is 19.4 Å². The molecule has 0 bridgehead atoms. The smallest absolute Gasteiger partial charge is 0.410 e. The maximum Gasteiger partial charge on any atom is 0.410 e. The summed E-state index contributed by atoms with van der Waals surface area (Å²) in [5.74, 6) is -1.50. The van der Waals surface area contributed by atoms with Gasteiger partial charge in [0, 0.05) is 13.1 Å². The third-order valence-electron chi connectivity index (χ3n) is 5.10. The first-order valence-corrected chi connectivity index (χ1v) is 10.4. The first-order valence-electron chi connectivity index (χ1n) is 10.4. The lowest BCUT2D eigenvalue weighted by atomic mass is 9.98. The average molecular weight is 441 g/mol. The number of nitrogens with zero attached hydrogens (tertiary/aromatic N) is 1. The number of carboxylic acid groups (broad SMARTS) is 1. The number of hydrogen-bond acceptors (Lipinski definition) is 6. The average Bonchev–Trinajstić information content (AvgIpc) is 2.82. The molecule has 32 heavy (non-hydrogen) atoms. The molecule has 0 aromatic heterocycles. The van der Waals surface area contributed by atoms with Crippen LogP contribution in [0.2, 0.25) is 0 Å². The number of amides is 2. The molecule has 1 fully saturated rings. The molecule has 2 aromatic carbocycles. The van der Waals surface area contributed by atoms with Gasteiger partial charge in [0.15, 0.2) is 6.29 Å². The molecule has 3 rings (SSSR count). The van der Waals surface area contributed by atoms with Crippen LogP contribution < -0.4 is 10.6 Å². The summed E-state index contributed by atoms with van der Waals surface area (Å²) in [4.78, 5) is 37.9. The van der Waals surface area contributed by atoms with Crippen molar-refractivity contribution in [3.63, 3.8) is 0 Å². The van der Waals surface area contributed by atoms with Gasteiger partial charge in [-0.25, -0.2) is 9.59 Å². The van der Waals surface area contributed by atoms with E-state index in [9.17, 15) is 19.5 Å². The van der Waals surface area contributed by atoms with Gasteiger partial charge in [0.1, 0.15) is 13.2 Å². The fourth-order valence-electron chi connectivity index (χ4n) is 3.41. The van der Waals surface area contributed by atoms with Gasteiger partial charge >= 0.3 is 18.2 Å². The van der Waals surface area contributed by atoms with Gasteiger partial charge in [-0.1, -0.05) is 60.7 Å². The van der Waals surface area contributed by atoms with E-state index in [1.54, 1.807) is 4.90 Å². The molecular formula is C23H27N3O6. The third kappa shape index (κ3) is 7.28. The van der Waals surface area contributed by atoms with Crippen LogP contribution in [0.1, 0.15) is 24.0 Å². The number of benzene rings is 2. The number of carbonyl (C=O) groups is 3. The fourth-order valence-corrected chi connectivity index (χ4v) is 3.41. The molecule has 9 nitrogen and oxygen atoms in total. The molecule has 3 N–H and O–H groups in total. The fraction of sp³-hybridized carbons (Fsp3) is 0.348. The Balaban J connectivity index is 1.59. The van der Waals surface area contributed by atoms with Crippen molar-refractivity contribution in [1.82, 2.24) is 15.5 Å². The van der Waals surface area contributed by atoms with Crippen LogP contribution in [-0.2, 0) is 27.5 Å². The zero-order valence-electron chi connectivity index (χ0n) is 17.6. The topological polar surface area (TPSA) is 117 Å². The van der Waals surface area contributed by atoms with Crippen molar-refractivity contribution in [2.75, 3.05) is 13.1 Å². The van der Waals surface area contributed by atoms with Crippen molar-refractivity contribution in [1.29, 1.82) is 0 Å². The maximum atomic E-state index is 12.4. The van der Waals surface area contributed by atoms with Gasteiger partial charge < -0.3 is 14.6 Å². The van der Waals surface area contributed by atoms with E-state index < -0.39 is 30.4 Å². The number of likely N-dealkylation sites (tertiary alicyclic amines) is 1. The lowest BCUT2D eigenvalue weighted by Gasteiger charge is -2.36. The van der Waals surface area contributed by atoms with Gasteiger partial charge in [-0.15, -0.1) is 0 Å². The standard InChI is InChI=1S/C23H27N3O6/c27-20(28)19-12-7-13-26(14-19)21(24-22(29)31-15-17-8-3-1-4-9-17)25-23(30)32-16-18-10-5-2-6-11-18/h1-6,8-11,19,21H,7,12-16H2,(H,24,29)(H,25,30)(H,27,28). The Bertz CT molecular complexity index is 836. The van der Waals surface area contributed by atoms with Crippen LogP contribution in [0.25, 0.3) is 0 Å². The Kier molecular flexibility index (Phi) is 8.44.